The van der Waals surface area contributed by atoms with Gasteiger partial charge in [0.25, 0.3) is 0 Å². The zero-order valence-electron chi connectivity index (χ0n) is 42.1. The maximum Gasteiger partial charge on any atom is 0.338 e. The Labute approximate surface area is 439 Å². The Morgan fingerprint density at radius 2 is 0.693 bits per heavy atom. The smallest absolute Gasteiger partial charge is 0.338 e. The molecule has 0 saturated heterocycles. The summed E-state index contributed by atoms with van der Waals surface area (Å²) in [6.07, 6.45) is 1.14. The van der Waals surface area contributed by atoms with Crippen LogP contribution in [0.25, 0.3) is 55.6 Å². The van der Waals surface area contributed by atoms with E-state index in [0.29, 0.717) is 35.5 Å². The molecule has 0 atom stereocenters. The second-order valence-corrected chi connectivity index (χ2v) is 19.5. The summed E-state index contributed by atoms with van der Waals surface area (Å²) in [5, 5.41) is 0. The van der Waals surface area contributed by atoms with Gasteiger partial charge in [-0.1, -0.05) is 207 Å². The Morgan fingerprint density at radius 3 is 1.08 bits per heavy atom. The van der Waals surface area contributed by atoms with E-state index in [9.17, 15) is 9.59 Å². The van der Waals surface area contributed by atoms with Crippen LogP contribution in [0.2, 0.25) is 0 Å². The first-order valence-corrected chi connectivity index (χ1v) is 25.3. The monoisotopic (exact) mass is 970 g/mol. The van der Waals surface area contributed by atoms with E-state index in [-0.39, 0.29) is 0 Å². The van der Waals surface area contributed by atoms with Crippen molar-refractivity contribution in [3.05, 3.63) is 311 Å². The first-order valence-electron chi connectivity index (χ1n) is 25.3. The van der Waals surface area contributed by atoms with Gasteiger partial charge in [0.15, 0.2) is 0 Å². The van der Waals surface area contributed by atoms with E-state index in [1.807, 2.05) is 60.7 Å². The zero-order chi connectivity index (χ0) is 51.5. The van der Waals surface area contributed by atoms with Crippen LogP contribution in [0.4, 0.5) is 0 Å². The average molecular weight is 971 g/mol. The molecule has 75 heavy (non-hydrogen) atoms. The number of fused-ring (bicyclic) bond motifs is 3. The number of esters is 2. The summed E-state index contributed by atoms with van der Waals surface area (Å²) in [4.78, 5) is 26.0. The highest BCUT2D eigenvalue weighted by atomic mass is 16.5. The quantitative estimate of drug-likeness (QED) is 0.0619. The van der Waals surface area contributed by atoms with Gasteiger partial charge in [-0.2, -0.15) is 0 Å². The molecule has 0 aromatic heterocycles. The molecule has 0 amide bonds. The molecule has 4 heteroatoms. The standard InChI is InChI=1S/C71H54O4/c1-47(2)69(72)74-67-37-33-55(41-59(67)39-49-19-9-5-10-20-49)53-27-17-29-61(43-53)71(62-30-18-28-54(44-62)56-34-38-68(75-70(73)48(3)4)60(42-56)40-50-21-11-6-12-22-50)65-45-57(51-23-13-7-14-24-51)31-35-63(65)64-36-32-58(46-66(64)71)52-25-15-8-16-26-52/h5-38,41-46H,1,3,39-40H2,2,4H3. The third-order valence-corrected chi connectivity index (χ3v) is 14.3. The summed E-state index contributed by atoms with van der Waals surface area (Å²) >= 11 is 0. The highest BCUT2D eigenvalue weighted by Gasteiger charge is 2.47. The molecule has 0 saturated carbocycles. The highest BCUT2D eigenvalue weighted by molar-refractivity contribution is 5.92. The average Bonchev–Trinajstić information content (AvgIpc) is 3.80. The van der Waals surface area contributed by atoms with Gasteiger partial charge in [-0.15, -0.1) is 0 Å². The van der Waals surface area contributed by atoms with Crippen molar-refractivity contribution in [1.82, 2.24) is 0 Å². The van der Waals surface area contributed by atoms with Crippen LogP contribution in [0, 0.1) is 0 Å². The number of hydrogen-bond donors (Lipinski definition) is 0. The van der Waals surface area contributed by atoms with E-state index in [0.717, 1.165) is 77.9 Å². The first-order chi connectivity index (χ1) is 36.6. The number of ether oxygens (including phenoxy) is 2. The maximum atomic E-state index is 13.0. The topological polar surface area (TPSA) is 52.6 Å². The Kier molecular flexibility index (Phi) is 13.2. The minimum Gasteiger partial charge on any atom is -0.423 e. The largest absolute Gasteiger partial charge is 0.423 e. The van der Waals surface area contributed by atoms with Crippen molar-refractivity contribution < 1.29 is 19.1 Å². The summed E-state index contributed by atoms with van der Waals surface area (Å²) in [6, 6.07) is 85.7. The molecule has 1 aliphatic rings. The molecule has 4 nitrogen and oxygen atoms in total. The van der Waals surface area contributed by atoms with Crippen LogP contribution in [0.5, 0.6) is 11.5 Å². The highest BCUT2D eigenvalue weighted by Crippen LogP contribution is 2.58. The summed E-state index contributed by atoms with van der Waals surface area (Å²) < 4.78 is 12.0. The van der Waals surface area contributed by atoms with Crippen molar-refractivity contribution in [2.75, 3.05) is 0 Å². The molecule has 0 bridgehead atoms. The lowest BCUT2D eigenvalue weighted by atomic mass is 9.66. The van der Waals surface area contributed by atoms with E-state index in [1.165, 1.54) is 22.3 Å². The fourth-order valence-electron chi connectivity index (χ4n) is 10.6. The summed E-state index contributed by atoms with van der Waals surface area (Å²) in [6.45, 7) is 11.0. The van der Waals surface area contributed by atoms with Crippen molar-refractivity contribution in [1.29, 1.82) is 0 Å². The Hall–Kier alpha value is -9.38. The van der Waals surface area contributed by atoms with Gasteiger partial charge in [0.05, 0.1) is 5.41 Å². The normalized spacial score (nSPS) is 12.0. The number of benzene rings is 10. The molecule has 0 aliphatic heterocycles. The van der Waals surface area contributed by atoms with Crippen molar-refractivity contribution in [3.8, 4) is 67.1 Å². The fourth-order valence-corrected chi connectivity index (χ4v) is 10.6. The van der Waals surface area contributed by atoms with E-state index in [4.69, 9.17) is 9.47 Å². The van der Waals surface area contributed by atoms with Crippen LogP contribution in [0.3, 0.4) is 0 Å². The van der Waals surface area contributed by atoms with Crippen LogP contribution in [-0.2, 0) is 27.8 Å². The molecular formula is C71H54O4. The summed E-state index contributed by atoms with van der Waals surface area (Å²) in [5.41, 5.74) is 19.3. The molecule has 0 unspecified atom stereocenters. The lowest BCUT2D eigenvalue weighted by Gasteiger charge is -2.35. The van der Waals surface area contributed by atoms with Gasteiger partial charge in [0.2, 0.25) is 0 Å². The lowest BCUT2D eigenvalue weighted by molar-refractivity contribution is -0.131. The number of carbonyl (C=O) groups excluding carboxylic acids is 2. The maximum absolute atomic E-state index is 13.0. The molecule has 10 aromatic rings. The van der Waals surface area contributed by atoms with Crippen LogP contribution in [0.15, 0.2) is 267 Å². The van der Waals surface area contributed by atoms with E-state index in [2.05, 4.69) is 195 Å². The molecular weight excluding hydrogens is 917 g/mol. The second kappa shape index (κ2) is 20.6. The van der Waals surface area contributed by atoms with E-state index >= 15 is 0 Å². The third-order valence-electron chi connectivity index (χ3n) is 14.3. The van der Waals surface area contributed by atoms with Crippen LogP contribution < -0.4 is 9.47 Å². The molecule has 0 spiro atoms. The van der Waals surface area contributed by atoms with Crippen LogP contribution in [0.1, 0.15) is 58.4 Å². The zero-order valence-corrected chi connectivity index (χ0v) is 42.1. The fraction of sp³-hybridized carbons (Fsp3) is 0.0704. The Balaban J connectivity index is 1.15. The summed E-state index contributed by atoms with van der Waals surface area (Å²) in [5.74, 6) is 0.103. The van der Waals surface area contributed by atoms with E-state index in [1.54, 1.807) is 13.8 Å². The molecule has 0 radical (unpaired) electrons. The van der Waals surface area contributed by atoms with Crippen molar-refractivity contribution in [2.24, 2.45) is 0 Å². The van der Waals surface area contributed by atoms with Gasteiger partial charge in [-0.05, 0) is 163 Å². The predicted octanol–water partition coefficient (Wildman–Crippen LogP) is 16.9. The molecule has 0 fully saturated rings. The van der Waals surface area contributed by atoms with Gasteiger partial charge >= 0.3 is 11.9 Å². The second-order valence-electron chi connectivity index (χ2n) is 19.5. The van der Waals surface area contributed by atoms with Crippen LogP contribution >= 0.6 is 0 Å². The van der Waals surface area contributed by atoms with Gasteiger partial charge < -0.3 is 9.47 Å². The molecule has 362 valence electrons. The minimum absolute atomic E-state index is 0.337. The third kappa shape index (κ3) is 9.58. The van der Waals surface area contributed by atoms with Gasteiger partial charge in [0.1, 0.15) is 11.5 Å². The molecule has 11 rings (SSSR count). The van der Waals surface area contributed by atoms with Crippen LogP contribution in [-0.4, -0.2) is 11.9 Å². The molecule has 10 aromatic carbocycles. The van der Waals surface area contributed by atoms with Crippen molar-refractivity contribution >= 4 is 11.9 Å². The Bertz CT molecular complexity index is 3550. The van der Waals surface area contributed by atoms with E-state index < -0.39 is 17.4 Å². The minimum atomic E-state index is -0.833. The summed E-state index contributed by atoms with van der Waals surface area (Å²) in [7, 11) is 0. The predicted molar refractivity (Wildman–Crippen MR) is 305 cm³/mol. The molecule has 0 heterocycles. The Morgan fingerprint density at radius 1 is 0.360 bits per heavy atom. The van der Waals surface area contributed by atoms with Crippen molar-refractivity contribution in [3.63, 3.8) is 0 Å². The molecule has 1 aliphatic carbocycles. The SMILES string of the molecule is C=C(C)C(=O)Oc1ccc(-c2cccc(C3(c4cccc(-c5ccc(OC(=O)C(=C)C)c(Cc6ccccc6)c5)c4)c4cc(-c5ccccc5)ccc4-c4ccc(-c5ccccc5)cc43)c2)cc1Cc1ccccc1. The number of hydrogen-bond acceptors (Lipinski definition) is 4. The first kappa shape index (κ1) is 47.9. The van der Waals surface area contributed by atoms with Crippen molar-refractivity contribution in [2.45, 2.75) is 32.1 Å². The van der Waals surface area contributed by atoms with Gasteiger partial charge in [-0.25, -0.2) is 9.59 Å². The number of carbonyl (C=O) groups is 2. The van der Waals surface area contributed by atoms with Gasteiger partial charge in [0, 0.05) is 24.0 Å². The molecule has 0 N–H and O–H groups in total. The lowest BCUT2D eigenvalue weighted by Crippen LogP contribution is -2.29. The number of rotatable bonds is 14. The van der Waals surface area contributed by atoms with Gasteiger partial charge in [-0.3, -0.25) is 0 Å².